The fourth-order valence-electron chi connectivity index (χ4n) is 6.33. The summed E-state index contributed by atoms with van der Waals surface area (Å²) in [5.41, 5.74) is -0.880. The van der Waals surface area contributed by atoms with Crippen LogP contribution in [-0.2, 0) is 14.3 Å². The zero-order valence-corrected chi connectivity index (χ0v) is 23.8. The van der Waals surface area contributed by atoms with E-state index in [1.807, 2.05) is 11.9 Å². The highest BCUT2D eigenvalue weighted by Gasteiger charge is 2.38. The maximum atomic E-state index is 13.8. The van der Waals surface area contributed by atoms with E-state index < -0.39 is 17.7 Å². The molecule has 0 bridgehead atoms. The molecule has 0 aromatic rings. The Hall–Kier alpha value is -2.38. The van der Waals surface area contributed by atoms with Crippen LogP contribution in [0.25, 0.3) is 0 Å². The van der Waals surface area contributed by atoms with Gasteiger partial charge in [-0.25, -0.2) is 9.79 Å². The summed E-state index contributed by atoms with van der Waals surface area (Å²) < 4.78 is 11.2. The van der Waals surface area contributed by atoms with Crippen molar-refractivity contribution in [3.05, 3.63) is 0 Å². The topological polar surface area (TPSA) is 119 Å². The number of piperidine rings is 1. The Bertz CT molecular complexity index is 863. The Morgan fingerprint density at radius 2 is 1.62 bits per heavy atom. The number of carbonyl (C=O) groups excluding carboxylic acids is 2. The number of amides is 2. The van der Waals surface area contributed by atoms with Gasteiger partial charge in [0.05, 0.1) is 25.9 Å². The van der Waals surface area contributed by atoms with Gasteiger partial charge in [-0.3, -0.25) is 10.1 Å². The van der Waals surface area contributed by atoms with Gasteiger partial charge in [-0.15, -0.1) is 0 Å². The maximum absolute atomic E-state index is 13.8. The predicted octanol–water partition coefficient (Wildman–Crippen LogP) is 3.42. The Morgan fingerprint density at radius 1 is 1.00 bits per heavy atom. The maximum Gasteiger partial charge on any atom is 0.413 e. The highest BCUT2D eigenvalue weighted by atomic mass is 16.5. The molecule has 4 fully saturated rings. The Labute approximate surface area is 233 Å². The third-order valence-corrected chi connectivity index (χ3v) is 8.98. The number of nitriles is 1. The molecule has 39 heavy (non-hydrogen) atoms. The van der Waals surface area contributed by atoms with Crippen LogP contribution in [0.3, 0.4) is 0 Å². The second-order valence-electron chi connectivity index (χ2n) is 12.0. The summed E-state index contributed by atoms with van der Waals surface area (Å²) >= 11 is 0. The normalized spacial score (nSPS) is 24.4. The summed E-state index contributed by atoms with van der Waals surface area (Å²) in [5.74, 6) is 0.958. The van der Waals surface area contributed by atoms with Gasteiger partial charge in [0.1, 0.15) is 11.6 Å². The molecule has 0 aromatic heterocycles. The van der Waals surface area contributed by atoms with Crippen molar-refractivity contribution in [1.29, 1.82) is 5.26 Å². The third-order valence-electron chi connectivity index (χ3n) is 8.98. The molecule has 10 nitrogen and oxygen atoms in total. The van der Waals surface area contributed by atoms with Crippen molar-refractivity contribution in [3.8, 4) is 6.07 Å². The van der Waals surface area contributed by atoms with E-state index in [1.165, 1.54) is 38.5 Å². The quantitative estimate of drug-likeness (QED) is 0.372. The Morgan fingerprint density at radius 3 is 2.23 bits per heavy atom. The van der Waals surface area contributed by atoms with Crippen LogP contribution >= 0.6 is 0 Å². The number of ether oxygens (including phenoxy) is 2. The van der Waals surface area contributed by atoms with Crippen LogP contribution in [0.5, 0.6) is 0 Å². The third kappa shape index (κ3) is 9.07. The number of rotatable bonds is 7. The fraction of sp³-hybridized carbons (Fsp3) is 0.862. The number of guanidine groups is 1. The first-order valence-corrected chi connectivity index (χ1v) is 15.2. The van der Waals surface area contributed by atoms with Crippen molar-refractivity contribution in [2.45, 2.75) is 95.1 Å². The summed E-state index contributed by atoms with van der Waals surface area (Å²) in [4.78, 5) is 35.8. The van der Waals surface area contributed by atoms with E-state index in [0.717, 1.165) is 38.8 Å². The smallest absolute Gasteiger partial charge is 0.413 e. The van der Waals surface area contributed by atoms with Crippen molar-refractivity contribution in [1.82, 2.24) is 20.4 Å². The second kappa shape index (κ2) is 14.8. The molecule has 0 radical (unpaired) electrons. The molecule has 218 valence electrons. The number of morpholine rings is 1. The highest BCUT2D eigenvalue weighted by Crippen LogP contribution is 2.29. The zero-order valence-electron chi connectivity index (χ0n) is 23.8. The van der Waals surface area contributed by atoms with Crippen LogP contribution in [0, 0.1) is 23.2 Å². The van der Waals surface area contributed by atoms with Gasteiger partial charge < -0.3 is 24.6 Å². The van der Waals surface area contributed by atoms with Crippen LogP contribution in [-0.4, -0.2) is 92.4 Å². The molecule has 2 amide bonds. The molecule has 0 unspecified atom stereocenters. The number of alkyl carbamates (subject to hydrolysis) is 1. The summed E-state index contributed by atoms with van der Waals surface area (Å²) in [6, 6.07) is 1.71. The van der Waals surface area contributed by atoms with Crippen LogP contribution in [0.1, 0.15) is 83.5 Å². The van der Waals surface area contributed by atoms with Crippen molar-refractivity contribution in [2.75, 3.05) is 53.0 Å². The van der Waals surface area contributed by atoms with Crippen molar-refractivity contribution >= 4 is 18.0 Å². The molecular formula is C29H48N6O4. The Kier molecular flexibility index (Phi) is 11.3. The molecule has 4 aliphatic rings. The first-order chi connectivity index (χ1) is 19.0. The molecule has 2 saturated carbocycles. The molecular weight excluding hydrogens is 496 g/mol. The van der Waals surface area contributed by atoms with E-state index in [2.05, 4.69) is 21.6 Å². The molecule has 4 rings (SSSR count). The van der Waals surface area contributed by atoms with Crippen LogP contribution in [0.4, 0.5) is 4.79 Å². The second-order valence-corrected chi connectivity index (χ2v) is 12.0. The van der Waals surface area contributed by atoms with Crippen molar-refractivity contribution in [3.63, 3.8) is 0 Å². The molecule has 10 heteroatoms. The van der Waals surface area contributed by atoms with Gasteiger partial charge in [0.15, 0.2) is 0 Å². The van der Waals surface area contributed by atoms with Gasteiger partial charge in [-0.2, -0.15) is 5.26 Å². The fourth-order valence-corrected chi connectivity index (χ4v) is 6.33. The van der Waals surface area contributed by atoms with Gasteiger partial charge in [0, 0.05) is 26.2 Å². The summed E-state index contributed by atoms with van der Waals surface area (Å²) in [7, 11) is 2.03. The van der Waals surface area contributed by atoms with Gasteiger partial charge >= 0.3 is 6.09 Å². The van der Waals surface area contributed by atoms with Gasteiger partial charge in [0.2, 0.25) is 11.9 Å². The SMILES string of the molecule is CN1CCC(C#N)(NC(=O)[C@H](CC2CCCCC2)N=C(NC(=O)OCC2CCCCC2)N2CCOCC2)CC1. The first-order valence-electron chi connectivity index (χ1n) is 15.2. The summed E-state index contributed by atoms with van der Waals surface area (Å²) in [5, 5.41) is 16.0. The minimum atomic E-state index is -0.880. The number of aliphatic imine (C=N–C) groups is 1. The van der Waals surface area contributed by atoms with E-state index in [9.17, 15) is 14.9 Å². The van der Waals surface area contributed by atoms with E-state index in [4.69, 9.17) is 14.5 Å². The number of hydrogen-bond donors (Lipinski definition) is 2. The number of carbonyl (C=O) groups is 2. The van der Waals surface area contributed by atoms with E-state index in [-0.39, 0.29) is 5.91 Å². The molecule has 2 aliphatic carbocycles. The molecule has 2 heterocycles. The van der Waals surface area contributed by atoms with Crippen molar-refractivity contribution in [2.24, 2.45) is 16.8 Å². The van der Waals surface area contributed by atoms with Gasteiger partial charge in [-0.1, -0.05) is 51.4 Å². The largest absolute Gasteiger partial charge is 0.449 e. The summed E-state index contributed by atoms with van der Waals surface area (Å²) in [6.07, 6.45) is 12.8. The number of nitrogens with one attached hydrogen (secondary N) is 2. The molecule has 2 N–H and O–H groups in total. The number of nitrogens with zero attached hydrogens (tertiary/aromatic N) is 4. The van der Waals surface area contributed by atoms with Crippen LogP contribution in [0.15, 0.2) is 4.99 Å². The molecule has 1 atom stereocenters. The molecule has 2 saturated heterocycles. The number of likely N-dealkylation sites (tertiary alicyclic amines) is 1. The van der Waals surface area contributed by atoms with E-state index in [1.54, 1.807) is 0 Å². The number of hydrogen-bond acceptors (Lipinski definition) is 7. The lowest BCUT2D eigenvalue weighted by molar-refractivity contribution is -0.124. The lowest BCUT2D eigenvalue weighted by Crippen LogP contribution is -2.56. The summed E-state index contributed by atoms with van der Waals surface area (Å²) in [6.45, 7) is 4.15. The first kappa shape index (κ1) is 29.6. The van der Waals surface area contributed by atoms with Gasteiger partial charge in [-0.05, 0) is 51.0 Å². The van der Waals surface area contributed by atoms with Crippen LogP contribution < -0.4 is 10.6 Å². The lowest BCUT2D eigenvalue weighted by Gasteiger charge is -2.37. The van der Waals surface area contributed by atoms with Crippen molar-refractivity contribution < 1.29 is 19.1 Å². The van der Waals surface area contributed by atoms with E-state index in [0.29, 0.717) is 70.0 Å². The minimum absolute atomic E-state index is 0.227. The average molecular weight is 545 g/mol. The predicted molar refractivity (Wildman–Crippen MR) is 149 cm³/mol. The standard InChI is InChI=1S/C29H48N6O4/c1-34-14-12-29(22-30,13-15-34)33-26(36)25(20-23-8-4-2-5-9-23)31-27(35-16-18-38-19-17-35)32-28(37)39-21-24-10-6-3-7-11-24/h23-25H,2-21H2,1H3,(H,33,36)(H,31,32,37)/t25-/m0/s1. The zero-order chi connectivity index (χ0) is 27.5. The molecule has 0 spiro atoms. The van der Waals surface area contributed by atoms with Gasteiger partial charge in [0.25, 0.3) is 0 Å². The molecule has 0 aromatic carbocycles. The monoisotopic (exact) mass is 544 g/mol. The minimum Gasteiger partial charge on any atom is -0.449 e. The average Bonchev–Trinajstić information content (AvgIpc) is 2.98. The molecule has 2 aliphatic heterocycles. The van der Waals surface area contributed by atoms with Crippen LogP contribution in [0.2, 0.25) is 0 Å². The highest BCUT2D eigenvalue weighted by molar-refractivity contribution is 5.96. The Balaban J connectivity index is 1.50. The lowest BCUT2D eigenvalue weighted by atomic mass is 9.84. The van der Waals surface area contributed by atoms with E-state index >= 15 is 0 Å².